The molecule has 0 bridgehead atoms. The van der Waals surface area contributed by atoms with Crippen LogP contribution in [0.1, 0.15) is 5.01 Å². The lowest BCUT2D eigenvalue weighted by Gasteiger charge is -2.09. The maximum Gasteiger partial charge on any atom is 0.261 e. The van der Waals surface area contributed by atoms with Crippen LogP contribution in [0.3, 0.4) is 0 Å². The molecule has 6 heteroatoms. The van der Waals surface area contributed by atoms with Crippen molar-refractivity contribution < 1.29 is 8.42 Å². The summed E-state index contributed by atoms with van der Waals surface area (Å²) in [6.45, 7) is 1.96. The third kappa shape index (κ3) is 3.34. The van der Waals surface area contributed by atoms with E-state index >= 15 is 0 Å². The van der Waals surface area contributed by atoms with Crippen LogP contribution in [-0.2, 0) is 10.0 Å². The fourth-order valence-corrected chi connectivity index (χ4v) is 4.47. The highest BCUT2D eigenvalue weighted by Crippen LogP contribution is 2.25. The molecule has 0 aliphatic heterocycles. The Labute approximate surface area is 156 Å². The molecule has 0 saturated heterocycles. The summed E-state index contributed by atoms with van der Waals surface area (Å²) in [4.78, 5) is 4.69. The van der Waals surface area contributed by atoms with Crippen molar-refractivity contribution in [2.45, 2.75) is 11.8 Å². The second kappa shape index (κ2) is 6.55. The first kappa shape index (κ1) is 16.8. The van der Waals surface area contributed by atoms with Gasteiger partial charge in [0.1, 0.15) is 0 Å². The molecule has 26 heavy (non-hydrogen) atoms. The standard InChI is InChI=1S/C20H16N2O2S2/c1-14-21-20(13-25-14)16-6-9-18(10-7-16)22-26(23,24)19-11-8-15-4-2-3-5-17(15)12-19/h2-13,22H,1H3. The maximum absolute atomic E-state index is 12.7. The van der Waals surface area contributed by atoms with E-state index in [1.54, 1.807) is 35.6 Å². The number of hydrogen-bond donors (Lipinski definition) is 1. The molecule has 0 atom stereocenters. The molecule has 0 aliphatic rings. The van der Waals surface area contributed by atoms with Crippen molar-refractivity contribution in [2.75, 3.05) is 4.72 Å². The summed E-state index contributed by atoms with van der Waals surface area (Å²) in [5.74, 6) is 0. The van der Waals surface area contributed by atoms with Gasteiger partial charge in [-0.15, -0.1) is 11.3 Å². The lowest BCUT2D eigenvalue weighted by Crippen LogP contribution is -2.12. The van der Waals surface area contributed by atoms with Crippen LogP contribution in [0.5, 0.6) is 0 Å². The molecule has 3 aromatic carbocycles. The molecule has 1 heterocycles. The SMILES string of the molecule is Cc1nc(-c2ccc(NS(=O)(=O)c3ccc4ccccc4c3)cc2)cs1. The zero-order valence-electron chi connectivity index (χ0n) is 14.0. The first-order chi connectivity index (χ1) is 12.5. The number of aromatic nitrogens is 1. The van der Waals surface area contributed by atoms with Gasteiger partial charge >= 0.3 is 0 Å². The topological polar surface area (TPSA) is 59.1 Å². The quantitative estimate of drug-likeness (QED) is 0.537. The van der Waals surface area contributed by atoms with Gasteiger partial charge in [-0.2, -0.15) is 0 Å². The predicted octanol–water partition coefficient (Wildman–Crippen LogP) is 5.07. The van der Waals surface area contributed by atoms with E-state index in [4.69, 9.17) is 0 Å². The van der Waals surface area contributed by atoms with Crippen LogP contribution < -0.4 is 4.72 Å². The van der Waals surface area contributed by atoms with E-state index in [1.165, 1.54) is 0 Å². The van der Waals surface area contributed by atoms with Gasteiger partial charge in [-0.1, -0.05) is 42.5 Å². The first-order valence-corrected chi connectivity index (χ1v) is 10.4. The summed E-state index contributed by atoms with van der Waals surface area (Å²) in [7, 11) is -3.64. The number of nitrogens with zero attached hydrogens (tertiary/aromatic N) is 1. The van der Waals surface area contributed by atoms with Crippen LogP contribution in [0.2, 0.25) is 0 Å². The minimum absolute atomic E-state index is 0.246. The van der Waals surface area contributed by atoms with Crippen molar-refractivity contribution in [2.24, 2.45) is 0 Å². The second-order valence-electron chi connectivity index (χ2n) is 5.94. The van der Waals surface area contributed by atoms with Gasteiger partial charge < -0.3 is 0 Å². The van der Waals surface area contributed by atoms with Gasteiger partial charge in [0.05, 0.1) is 15.6 Å². The molecule has 0 amide bonds. The number of anilines is 1. The molecular formula is C20H16N2O2S2. The Hall–Kier alpha value is -2.70. The van der Waals surface area contributed by atoms with Crippen LogP contribution in [0.15, 0.2) is 77.0 Å². The number of aryl methyl sites for hydroxylation is 1. The Morgan fingerprint density at radius 1 is 0.923 bits per heavy atom. The molecule has 0 spiro atoms. The molecule has 0 saturated carbocycles. The average molecular weight is 380 g/mol. The van der Waals surface area contributed by atoms with Crippen molar-refractivity contribution >= 4 is 37.8 Å². The molecule has 130 valence electrons. The molecular weight excluding hydrogens is 364 g/mol. The second-order valence-corrected chi connectivity index (χ2v) is 8.69. The maximum atomic E-state index is 12.7. The molecule has 1 N–H and O–H groups in total. The van der Waals surface area contributed by atoms with Crippen molar-refractivity contribution in [1.82, 2.24) is 4.98 Å². The van der Waals surface area contributed by atoms with Crippen LogP contribution in [0, 0.1) is 6.92 Å². The van der Waals surface area contributed by atoms with Crippen molar-refractivity contribution in [1.29, 1.82) is 0 Å². The highest BCUT2D eigenvalue weighted by Gasteiger charge is 2.15. The lowest BCUT2D eigenvalue weighted by molar-refractivity contribution is 0.601. The van der Waals surface area contributed by atoms with E-state index in [0.717, 1.165) is 27.0 Å². The Morgan fingerprint density at radius 3 is 2.35 bits per heavy atom. The van der Waals surface area contributed by atoms with E-state index in [2.05, 4.69) is 9.71 Å². The molecule has 4 aromatic rings. The van der Waals surface area contributed by atoms with Gasteiger partial charge in [-0.05, 0) is 42.0 Å². The van der Waals surface area contributed by atoms with E-state index < -0.39 is 10.0 Å². The van der Waals surface area contributed by atoms with Gasteiger partial charge in [0.25, 0.3) is 10.0 Å². The fraction of sp³-hybridized carbons (Fsp3) is 0.0500. The molecule has 0 fully saturated rings. The third-order valence-electron chi connectivity index (χ3n) is 4.08. The summed E-state index contributed by atoms with van der Waals surface area (Å²) >= 11 is 1.59. The normalized spacial score (nSPS) is 11.6. The van der Waals surface area contributed by atoms with Gasteiger partial charge in [-0.3, -0.25) is 4.72 Å². The Morgan fingerprint density at radius 2 is 1.65 bits per heavy atom. The monoisotopic (exact) mass is 380 g/mol. The van der Waals surface area contributed by atoms with Crippen LogP contribution in [0.4, 0.5) is 5.69 Å². The number of rotatable bonds is 4. The number of sulfonamides is 1. The van der Waals surface area contributed by atoms with Crippen LogP contribution in [-0.4, -0.2) is 13.4 Å². The Bertz CT molecular complexity index is 1180. The predicted molar refractivity (Wildman–Crippen MR) is 107 cm³/mol. The van der Waals surface area contributed by atoms with Crippen LogP contribution >= 0.6 is 11.3 Å². The first-order valence-electron chi connectivity index (χ1n) is 8.05. The van der Waals surface area contributed by atoms with Crippen LogP contribution in [0.25, 0.3) is 22.0 Å². The number of benzene rings is 3. The van der Waals surface area contributed by atoms with Crippen molar-refractivity contribution in [3.05, 3.63) is 77.1 Å². The van der Waals surface area contributed by atoms with Gasteiger partial charge in [0, 0.05) is 16.6 Å². The lowest BCUT2D eigenvalue weighted by atomic mass is 10.1. The average Bonchev–Trinajstić information content (AvgIpc) is 3.08. The van der Waals surface area contributed by atoms with Gasteiger partial charge in [-0.25, -0.2) is 13.4 Å². The zero-order chi connectivity index (χ0) is 18.1. The Balaban J connectivity index is 1.60. The summed E-state index contributed by atoms with van der Waals surface area (Å²) in [5, 5.41) is 4.89. The van der Waals surface area contributed by atoms with Crippen molar-refractivity contribution in [3.8, 4) is 11.3 Å². The molecule has 0 unspecified atom stereocenters. The van der Waals surface area contributed by atoms with E-state index in [9.17, 15) is 8.42 Å². The minimum atomic E-state index is -3.64. The highest BCUT2D eigenvalue weighted by atomic mass is 32.2. The van der Waals surface area contributed by atoms with Crippen molar-refractivity contribution in [3.63, 3.8) is 0 Å². The van der Waals surface area contributed by atoms with E-state index in [1.807, 2.05) is 54.8 Å². The summed E-state index contributed by atoms with van der Waals surface area (Å²) < 4.78 is 28.0. The molecule has 1 aromatic heterocycles. The van der Waals surface area contributed by atoms with E-state index in [0.29, 0.717) is 5.69 Å². The number of thiazole rings is 1. The van der Waals surface area contributed by atoms with Gasteiger partial charge in [0.15, 0.2) is 0 Å². The molecule has 4 rings (SSSR count). The highest BCUT2D eigenvalue weighted by molar-refractivity contribution is 7.92. The Kier molecular flexibility index (Phi) is 4.22. The molecule has 4 nitrogen and oxygen atoms in total. The summed E-state index contributed by atoms with van der Waals surface area (Å²) in [6, 6.07) is 20.0. The van der Waals surface area contributed by atoms with E-state index in [-0.39, 0.29) is 4.90 Å². The van der Waals surface area contributed by atoms with Gasteiger partial charge in [0.2, 0.25) is 0 Å². The summed E-state index contributed by atoms with van der Waals surface area (Å²) in [6.07, 6.45) is 0. The third-order valence-corrected chi connectivity index (χ3v) is 6.24. The summed E-state index contributed by atoms with van der Waals surface area (Å²) in [5.41, 5.74) is 2.38. The largest absolute Gasteiger partial charge is 0.280 e. The molecule has 0 aliphatic carbocycles. The zero-order valence-corrected chi connectivity index (χ0v) is 15.6. The minimum Gasteiger partial charge on any atom is -0.280 e. The number of hydrogen-bond acceptors (Lipinski definition) is 4. The number of fused-ring (bicyclic) bond motifs is 1. The smallest absolute Gasteiger partial charge is 0.261 e. The molecule has 0 radical (unpaired) electrons. The fourth-order valence-electron chi connectivity index (χ4n) is 2.75. The number of nitrogens with one attached hydrogen (secondary N) is 1.